The molecule has 1 unspecified atom stereocenters. The smallest absolute Gasteiger partial charge is 0.132 e. The van der Waals surface area contributed by atoms with Gasteiger partial charge in [0, 0.05) is 35.3 Å². The van der Waals surface area contributed by atoms with Gasteiger partial charge in [-0.2, -0.15) is 0 Å². The Hall–Kier alpha value is -2.15. The molecule has 0 aliphatic carbocycles. The lowest BCUT2D eigenvalue weighted by molar-refractivity contribution is 0.199. The average Bonchev–Trinajstić information content (AvgIpc) is 3.18. The van der Waals surface area contributed by atoms with Gasteiger partial charge in [-0.15, -0.1) is 11.3 Å². The third-order valence-corrected chi connectivity index (χ3v) is 6.16. The van der Waals surface area contributed by atoms with E-state index < -0.39 is 6.10 Å². The number of nitrogens with zero attached hydrogens (tertiary/aromatic N) is 4. The van der Waals surface area contributed by atoms with E-state index in [1.54, 1.807) is 18.3 Å². The summed E-state index contributed by atoms with van der Waals surface area (Å²) in [5.74, 6) is 1.38. The third kappa shape index (κ3) is 4.40. The highest BCUT2D eigenvalue weighted by Gasteiger charge is 2.23. The van der Waals surface area contributed by atoms with E-state index in [9.17, 15) is 5.11 Å². The van der Waals surface area contributed by atoms with Gasteiger partial charge in [-0.25, -0.2) is 15.0 Å². The Balaban J connectivity index is 1.38. The van der Waals surface area contributed by atoms with E-state index in [1.807, 2.05) is 36.7 Å². The minimum atomic E-state index is -0.483. The molecule has 1 atom stereocenters. The fraction of sp³-hybridized carbons (Fsp3) is 0.381. The minimum Gasteiger partial charge on any atom is -0.386 e. The molecule has 27 heavy (non-hydrogen) atoms. The SMILES string of the molecule is CC(O)c1ncc(CN2CCC(c3nccc(-c4ccccc4)n3)CC2)s1. The molecule has 4 rings (SSSR count). The van der Waals surface area contributed by atoms with Crippen molar-refractivity contribution in [3.8, 4) is 11.3 Å². The molecule has 1 saturated heterocycles. The first kappa shape index (κ1) is 18.2. The molecule has 1 fully saturated rings. The molecule has 3 heterocycles. The molecule has 1 aliphatic rings. The summed E-state index contributed by atoms with van der Waals surface area (Å²) in [7, 11) is 0. The third-order valence-electron chi connectivity index (χ3n) is 5.00. The summed E-state index contributed by atoms with van der Waals surface area (Å²) in [6.45, 7) is 4.73. The number of aliphatic hydroxyl groups excluding tert-OH is 1. The number of aromatic nitrogens is 3. The highest BCUT2D eigenvalue weighted by Crippen LogP contribution is 2.29. The Morgan fingerprint density at radius 3 is 2.63 bits per heavy atom. The summed E-state index contributed by atoms with van der Waals surface area (Å²) < 4.78 is 0. The molecule has 1 N–H and O–H groups in total. The zero-order valence-electron chi connectivity index (χ0n) is 15.5. The Bertz CT molecular complexity index is 873. The lowest BCUT2D eigenvalue weighted by Crippen LogP contribution is -2.32. The quantitative estimate of drug-likeness (QED) is 0.724. The van der Waals surface area contributed by atoms with Gasteiger partial charge in [-0.3, -0.25) is 4.90 Å². The molecular weight excluding hydrogens is 356 g/mol. The molecule has 0 radical (unpaired) electrons. The van der Waals surface area contributed by atoms with Crippen LogP contribution >= 0.6 is 11.3 Å². The molecule has 6 heteroatoms. The number of hydrogen-bond donors (Lipinski definition) is 1. The monoisotopic (exact) mass is 380 g/mol. The maximum absolute atomic E-state index is 9.63. The maximum atomic E-state index is 9.63. The second-order valence-corrected chi connectivity index (χ2v) is 8.20. The van der Waals surface area contributed by atoms with E-state index in [4.69, 9.17) is 4.98 Å². The van der Waals surface area contributed by atoms with Crippen LogP contribution in [0.2, 0.25) is 0 Å². The van der Waals surface area contributed by atoms with Gasteiger partial charge in [0.05, 0.1) is 5.69 Å². The van der Waals surface area contributed by atoms with Crippen LogP contribution < -0.4 is 0 Å². The van der Waals surface area contributed by atoms with Crippen molar-refractivity contribution < 1.29 is 5.11 Å². The highest BCUT2D eigenvalue weighted by atomic mass is 32.1. The van der Waals surface area contributed by atoms with Crippen molar-refractivity contribution in [2.24, 2.45) is 0 Å². The van der Waals surface area contributed by atoms with Crippen LogP contribution in [0.4, 0.5) is 0 Å². The molecule has 0 spiro atoms. The van der Waals surface area contributed by atoms with Gasteiger partial charge < -0.3 is 5.11 Å². The summed E-state index contributed by atoms with van der Waals surface area (Å²) in [6, 6.07) is 12.3. The van der Waals surface area contributed by atoms with E-state index >= 15 is 0 Å². The Kier molecular flexibility index (Phi) is 5.57. The predicted octanol–water partition coefficient (Wildman–Crippen LogP) is 4.03. The van der Waals surface area contributed by atoms with E-state index in [1.165, 1.54) is 4.88 Å². The minimum absolute atomic E-state index is 0.416. The highest BCUT2D eigenvalue weighted by molar-refractivity contribution is 7.11. The maximum Gasteiger partial charge on any atom is 0.132 e. The lowest BCUT2D eigenvalue weighted by atomic mass is 9.95. The van der Waals surface area contributed by atoms with Crippen molar-refractivity contribution in [2.75, 3.05) is 13.1 Å². The van der Waals surface area contributed by atoms with Crippen LogP contribution in [0.3, 0.4) is 0 Å². The molecule has 0 amide bonds. The van der Waals surface area contributed by atoms with Gasteiger partial charge in [-0.05, 0) is 38.9 Å². The van der Waals surface area contributed by atoms with Crippen molar-refractivity contribution in [1.29, 1.82) is 0 Å². The first-order valence-electron chi connectivity index (χ1n) is 9.42. The van der Waals surface area contributed by atoms with Crippen molar-refractivity contribution >= 4 is 11.3 Å². The van der Waals surface area contributed by atoms with Gasteiger partial charge in [0.1, 0.15) is 16.9 Å². The van der Waals surface area contributed by atoms with E-state index in [0.29, 0.717) is 5.92 Å². The number of benzene rings is 1. The van der Waals surface area contributed by atoms with Crippen LogP contribution in [0.25, 0.3) is 11.3 Å². The van der Waals surface area contributed by atoms with Gasteiger partial charge >= 0.3 is 0 Å². The molecule has 1 aromatic carbocycles. The van der Waals surface area contributed by atoms with Crippen LogP contribution in [0.1, 0.15) is 47.5 Å². The van der Waals surface area contributed by atoms with E-state index in [-0.39, 0.29) is 0 Å². The van der Waals surface area contributed by atoms with Gasteiger partial charge in [0.15, 0.2) is 0 Å². The molecule has 0 saturated carbocycles. The molecule has 0 bridgehead atoms. The van der Waals surface area contributed by atoms with E-state index in [0.717, 1.165) is 54.6 Å². The van der Waals surface area contributed by atoms with Crippen LogP contribution in [0.15, 0.2) is 48.8 Å². The number of rotatable bonds is 5. The van der Waals surface area contributed by atoms with Gasteiger partial charge in [-0.1, -0.05) is 30.3 Å². The van der Waals surface area contributed by atoms with Gasteiger partial charge in [0.2, 0.25) is 0 Å². The van der Waals surface area contributed by atoms with Crippen molar-refractivity contribution in [3.63, 3.8) is 0 Å². The lowest BCUT2D eigenvalue weighted by Gasteiger charge is -2.30. The first-order chi connectivity index (χ1) is 13.2. The summed E-state index contributed by atoms with van der Waals surface area (Å²) in [5.41, 5.74) is 2.14. The second kappa shape index (κ2) is 8.25. The molecule has 2 aromatic heterocycles. The van der Waals surface area contributed by atoms with Crippen LogP contribution in [0, 0.1) is 0 Å². The average molecular weight is 381 g/mol. The van der Waals surface area contributed by atoms with Crippen molar-refractivity contribution in [3.05, 3.63) is 64.5 Å². The zero-order valence-corrected chi connectivity index (χ0v) is 16.3. The summed E-state index contributed by atoms with van der Waals surface area (Å²) in [4.78, 5) is 17.4. The standard InChI is InChI=1S/C21H24N4OS/c1-15(26)21-23-13-18(27-21)14-25-11-8-17(9-12-25)20-22-10-7-19(24-20)16-5-3-2-4-6-16/h2-7,10,13,15,17,26H,8-9,11-12,14H2,1H3. The number of aliphatic hydroxyl groups is 1. The Labute approximate surface area is 163 Å². The van der Waals surface area contributed by atoms with E-state index in [2.05, 4.69) is 27.0 Å². The van der Waals surface area contributed by atoms with Crippen LogP contribution in [-0.4, -0.2) is 38.0 Å². The largest absolute Gasteiger partial charge is 0.386 e. The van der Waals surface area contributed by atoms with Crippen molar-refractivity contribution in [2.45, 2.75) is 38.3 Å². The van der Waals surface area contributed by atoms with Crippen LogP contribution in [0.5, 0.6) is 0 Å². The zero-order chi connectivity index (χ0) is 18.6. The van der Waals surface area contributed by atoms with Crippen molar-refractivity contribution in [1.82, 2.24) is 19.9 Å². The molecule has 1 aliphatic heterocycles. The Morgan fingerprint density at radius 1 is 1.15 bits per heavy atom. The fourth-order valence-corrected chi connectivity index (χ4v) is 4.40. The van der Waals surface area contributed by atoms with Crippen LogP contribution in [-0.2, 0) is 6.54 Å². The predicted molar refractivity (Wildman–Crippen MR) is 107 cm³/mol. The summed E-state index contributed by atoms with van der Waals surface area (Å²) in [5, 5.41) is 10.4. The molecule has 140 valence electrons. The topological polar surface area (TPSA) is 62.1 Å². The normalized spacial score (nSPS) is 17.1. The van der Waals surface area contributed by atoms with Gasteiger partial charge in [0.25, 0.3) is 0 Å². The second-order valence-electron chi connectivity index (χ2n) is 7.06. The first-order valence-corrected chi connectivity index (χ1v) is 10.2. The fourth-order valence-electron chi connectivity index (χ4n) is 3.50. The summed E-state index contributed by atoms with van der Waals surface area (Å²) >= 11 is 1.60. The summed E-state index contributed by atoms with van der Waals surface area (Å²) in [6.07, 6.45) is 5.43. The number of likely N-dealkylation sites (tertiary alicyclic amines) is 1. The number of thiazole rings is 1. The molecule has 5 nitrogen and oxygen atoms in total. The molecule has 3 aromatic rings. The number of piperidine rings is 1. The Morgan fingerprint density at radius 2 is 1.93 bits per heavy atom. The molecular formula is C21H24N4OS. The number of hydrogen-bond acceptors (Lipinski definition) is 6.